The van der Waals surface area contributed by atoms with Crippen LogP contribution in [0.4, 0.5) is 0 Å². The van der Waals surface area contributed by atoms with Crippen molar-refractivity contribution in [2.24, 2.45) is 0 Å². The fourth-order valence-corrected chi connectivity index (χ4v) is 2.16. The molecule has 100 valence electrons. The van der Waals surface area contributed by atoms with Gasteiger partial charge in [-0.1, -0.05) is 35.9 Å². The molecule has 1 atom stereocenters. The van der Waals surface area contributed by atoms with Gasteiger partial charge in [-0.05, 0) is 24.6 Å². The number of pyridine rings is 1. The lowest BCUT2D eigenvalue weighted by molar-refractivity contribution is 0.395. The first kappa shape index (κ1) is 13.8. The van der Waals surface area contributed by atoms with E-state index in [1.165, 1.54) is 0 Å². The van der Waals surface area contributed by atoms with Gasteiger partial charge in [-0.15, -0.1) is 0 Å². The average molecular weight is 277 g/mol. The van der Waals surface area contributed by atoms with E-state index in [2.05, 4.69) is 17.2 Å². The standard InChI is InChI=1S/C15H17ClN2O/c1-11(13-7-3-4-8-14(13)16)17-10-12-6-5-9-15(18-12)19-2/h3-9,11,17H,10H2,1-2H3/t11-/m1/s1. The molecule has 0 aliphatic heterocycles. The van der Waals surface area contributed by atoms with E-state index in [4.69, 9.17) is 16.3 Å². The molecule has 1 aromatic heterocycles. The average Bonchev–Trinajstić information content (AvgIpc) is 2.45. The van der Waals surface area contributed by atoms with Gasteiger partial charge in [-0.3, -0.25) is 0 Å². The molecule has 0 aliphatic carbocycles. The predicted molar refractivity (Wildman–Crippen MR) is 77.5 cm³/mol. The zero-order chi connectivity index (χ0) is 13.7. The van der Waals surface area contributed by atoms with Gasteiger partial charge in [-0.2, -0.15) is 0 Å². The van der Waals surface area contributed by atoms with Crippen molar-refractivity contribution < 1.29 is 4.74 Å². The lowest BCUT2D eigenvalue weighted by atomic mass is 10.1. The molecule has 0 radical (unpaired) electrons. The summed E-state index contributed by atoms with van der Waals surface area (Å²) in [5, 5.41) is 4.18. The predicted octanol–water partition coefficient (Wildman–Crippen LogP) is 3.59. The van der Waals surface area contributed by atoms with E-state index in [9.17, 15) is 0 Å². The van der Waals surface area contributed by atoms with Crippen LogP contribution in [0.2, 0.25) is 5.02 Å². The van der Waals surface area contributed by atoms with Crippen LogP contribution in [0.1, 0.15) is 24.2 Å². The largest absolute Gasteiger partial charge is 0.481 e. The Labute approximate surface area is 118 Å². The van der Waals surface area contributed by atoms with Crippen LogP contribution < -0.4 is 10.1 Å². The number of methoxy groups -OCH3 is 1. The number of aromatic nitrogens is 1. The molecule has 1 N–H and O–H groups in total. The highest BCUT2D eigenvalue weighted by Gasteiger charge is 2.08. The van der Waals surface area contributed by atoms with E-state index in [-0.39, 0.29) is 6.04 Å². The molecule has 2 rings (SSSR count). The second-order valence-electron chi connectivity index (χ2n) is 4.30. The maximum Gasteiger partial charge on any atom is 0.213 e. The highest BCUT2D eigenvalue weighted by Crippen LogP contribution is 2.22. The normalized spacial score (nSPS) is 12.2. The summed E-state index contributed by atoms with van der Waals surface area (Å²) in [4.78, 5) is 4.36. The van der Waals surface area contributed by atoms with Gasteiger partial charge in [0.2, 0.25) is 5.88 Å². The molecule has 0 amide bonds. The Balaban J connectivity index is 2.00. The van der Waals surface area contributed by atoms with Crippen molar-refractivity contribution in [2.75, 3.05) is 7.11 Å². The number of ether oxygens (including phenoxy) is 1. The van der Waals surface area contributed by atoms with Crippen molar-refractivity contribution in [3.63, 3.8) is 0 Å². The zero-order valence-corrected chi connectivity index (χ0v) is 11.8. The van der Waals surface area contributed by atoms with Crippen LogP contribution in [-0.2, 0) is 6.54 Å². The van der Waals surface area contributed by atoms with Gasteiger partial charge in [0.15, 0.2) is 0 Å². The minimum atomic E-state index is 0.168. The molecule has 1 aromatic carbocycles. The Hall–Kier alpha value is -1.58. The van der Waals surface area contributed by atoms with E-state index >= 15 is 0 Å². The summed E-state index contributed by atoms with van der Waals surface area (Å²) in [6, 6.07) is 13.8. The molecule has 1 heterocycles. The highest BCUT2D eigenvalue weighted by molar-refractivity contribution is 6.31. The number of rotatable bonds is 5. The number of nitrogens with one attached hydrogen (secondary N) is 1. The summed E-state index contributed by atoms with van der Waals surface area (Å²) in [5.74, 6) is 0.629. The van der Waals surface area contributed by atoms with Crippen molar-refractivity contribution in [3.8, 4) is 5.88 Å². The molecule has 0 saturated carbocycles. The summed E-state index contributed by atoms with van der Waals surface area (Å²) in [6.45, 7) is 2.75. The highest BCUT2D eigenvalue weighted by atomic mass is 35.5. The minimum Gasteiger partial charge on any atom is -0.481 e. The third-order valence-corrected chi connectivity index (χ3v) is 3.30. The van der Waals surface area contributed by atoms with Gasteiger partial charge in [0.25, 0.3) is 0 Å². The summed E-state index contributed by atoms with van der Waals surface area (Å²) in [5.41, 5.74) is 2.03. The van der Waals surface area contributed by atoms with Crippen LogP contribution in [0.5, 0.6) is 5.88 Å². The van der Waals surface area contributed by atoms with Crippen LogP contribution in [0, 0.1) is 0 Å². The van der Waals surface area contributed by atoms with Gasteiger partial charge < -0.3 is 10.1 Å². The molecule has 0 bridgehead atoms. The van der Waals surface area contributed by atoms with Crippen LogP contribution in [0.3, 0.4) is 0 Å². The third kappa shape index (κ3) is 3.69. The SMILES string of the molecule is COc1cccc(CN[C@H](C)c2ccccc2Cl)n1. The van der Waals surface area contributed by atoms with E-state index in [1.807, 2.05) is 42.5 Å². The number of benzene rings is 1. The minimum absolute atomic E-state index is 0.168. The molecule has 0 saturated heterocycles. The molecule has 2 aromatic rings. The van der Waals surface area contributed by atoms with Crippen molar-refractivity contribution in [2.45, 2.75) is 19.5 Å². The van der Waals surface area contributed by atoms with Crippen molar-refractivity contribution >= 4 is 11.6 Å². The van der Waals surface area contributed by atoms with E-state index in [1.54, 1.807) is 7.11 Å². The summed E-state index contributed by atoms with van der Waals surface area (Å²) >= 11 is 6.17. The Morgan fingerprint density at radius 3 is 2.74 bits per heavy atom. The number of hydrogen-bond acceptors (Lipinski definition) is 3. The molecule has 0 spiro atoms. The second kappa shape index (κ2) is 6.55. The number of hydrogen-bond donors (Lipinski definition) is 1. The molecule has 4 heteroatoms. The fourth-order valence-electron chi connectivity index (χ4n) is 1.86. The molecule has 0 fully saturated rings. The number of halogens is 1. The fraction of sp³-hybridized carbons (Fsp3) is 0.267. The van der Waals surface area contributed by atoms with Crippen LogP contribution >= 0.6 is 11.6 Å². The smallest absolute Gasteiger partial charge is 0.213 e. The Bertz CT molecular complexity index is 545. The van der Waals surface area contributed by atoms with Gasteiger partial charge in [0, 0.05) is 23.7 Å². The lowest BCUT2D eigenvalue weighted by Crippen LogP contribution is -2.19. The van der Waals surface area contributed by atoms with Crippen LogP contribution in [0.15, 0.2) is 42.5 Å². The monoisotopic (exact) mass is 276 g/mol. The summed E-state index contributed by atoms with van der Waals surface area (Å²) in [7, 11) is 1.62. The Morgan fingerprint density at radius 1 is 1.21 bits per heavy atom. The number of nitrogens with zero attached hydrogens (tertiary/aromatic N) is 1. The molecule has 0 unspecified atom stereocenters. The maximum absolute atomic E-state index is 6.17. The topological polar surface area (TPSA) is 34.1 Å². The third-order valence-electron chi connectivity index (χ3n) is 2.95. The van der Waals surface area contributed by atoms with Crippen LogP contribution in [0.25, 0.3) is 0 Å². The van der Waals surface area contributed by atoms with Crippen molar-refractivity contribution in [1.82, 2.24) is 10.3 Å². The van der Waals surface area contributed by atoms with E-state index in [0.29, 0.717) is 12.4 Å². The van der Waals surface area contributed by atoms with Gasteiger partial charge >= 0.3 is 0 Å². The Kier molecular flexibility index (Phi) is 4.77. The van der Waals surface area contributed by atoms with E-state index in [0.717, 1.165) is 16.3 Å². The maximum atomic E-state index is 6.17. The second-order valence-corrected chi connectivity index (χ2v) is 4.70. The molecular formula is C15H17ClN2O. The molecule has 19 heavy (non-hydrogen) atoms. The molecule has 3 nitrogen and oxygen atoms in total. The first-order valence-corrected chi connectivity index (χ1v) is 6.56. The van der Waals surface area contributed by atoms with Gasteiger partial charge in [-0.25, -0.2) is 4.98 Å². The Morgan fingerprint density at radius 2 is 2.00 bits per heavy atom. The van der Waals surface area contributed by atoms with Gasteiger partial charge in [0.05, 0.1) is 12.8 Å². The van der Waals surface area contributed by atoms with Gasteiger partial charge in [0.1, 0.15) is 0 Å². The quantitative estimate of drug-likeness (QED) is 0.906. The van der Waals surface area contributed by atoms with Crippen molar-refractivity contribution in [1.29, 1.82) is 0 Å². The first-order chi connectivity index (χ1) is 9.20. The summed E-state index contributed by atoms with van der Waals surface area (Å²) in [6.07, 6.45) is 0. The van der Waals surface area contributed by atoms with Crippen molar-refractivity contribution in [3.05, 3.63) is 58.7 Å². The first-order valence-electron chi connectivity index (χ1n) is 6.18. The lowest BCUT2D eigenvalue weighted by Gasteiger charge is -2.15. The summed E-state index contributed by atoms with van der Waals surface area (Å²) < 4.78 is 5.11. The molecular weight excluding hydrogens is 260 g/mol. The van der Waals surface area contributed by atoms with E-state index < -0.39 is 0 Å². The molecule has 0 aliphatic rings. The van der Waals surface area contributed by atoms with Crippen LogP contribution in [-0.4, -0.2) is 12.1 Å². The zero-order valence-electron chi connectivity index (χ0n) is 11.1.